The Morgan fingerprint density at radius 3 is 2.78 bits per heavy atom. The number of amides is 2. The Hall–Kier alpha value is -0.750. The minimum atomic E-state index is 0.225. The van der Waals surface area contributed by atoms with E-state index in [1.807, 2.05) is 16.1 Å². The lowest BCUT2D eigenvalue weighted by Crippen LogP contribution is -2.53. The van der Waals surface area contributed by atoms with Crippen LogP contribution >= 0.6 is 11.8 Å². The molecule has 3 saturated heterocycles. The van der Waals surface area contributed by atoms with Crippen LogP contribution in [0.25, 0.3) is 0 Å². The van der Waals surface area contributed by atoms with E-state index in [1.54, 1.807) is 11.8 Å². The van der Waals surface area contributed by atoms with Gasteiger partial charge < -0.3 is 14.5 Å². The van der Waals surface area contributed by atoms with E-state index < -0.39 is 0 Å². The Kier molecular flexibility index (Phi) is 5.52. The summed E-state index contributed by atoms with van der Waals surface area (Å²) in [7, 11) is 0. The average molecular weight is 340 g/mol. The number of likely N-dealkylation sites (tertiary alicyclic amines) is 2. The predicted molar refractivity (Wildman–Crippen MR) is 91.4 cm³/mol. The van der Waals surface area contributed by atoms with Crippen molar-refractivity contribution in [1.82, 2.24) is 9.80 Å². The number of carbonyl (C=O) groups excluding carboxylic acids is 2. The average Bonchev–Trinajstić information content (AvgIpc) is 3.05. The second kappa shape index (κ2) is 7.43. The Morgan fingerprint density at radius 1 is 1.35 bits per heavy atom. The van der Waals surface area contributed by atoms with Crippen molar-refractivity contribution in [2.24, 2.45) is 5.41 Å². The maximum Gasteiger partial charge on any atom is 0.232 e. The molecule has 0 aromatic carbocycles. The smallest absolute Gasteiger partial charge is 0.232 e. The molecule has 3 aliphatic heterocycles. The Labute approximate surface area is 143 Å². The van der Waals surface area contributed by atoms with Crippen LogP contribution in [0.2, 0.25) is 0 Å². The standard InChI is InChI=1S/C17H28N2O3S/c1-23-12-16(21)18-8-6-17(7-9-18)5-4-15(20)19(13-17)11-14-3-2-10-22-14/h14H,2-13H2,1H3. The topological polar surface area (TPSA) is 49.9 Å². The van der Waals surface area contributed by atoms with Crippen LogP contribution in [0.15, 0.2) is 0 Å². The summed E-state index contributed by atoms with van der Waals surface area (Å²) in [4.78, 5) is 28.4. The normalized spacial score (nSPS) is 27.7. The first kappa shape index (κ1) is 17.1. The molecule has 0 aliphatic carbocycles. The summed E-state index contributed by atoms with van der Waals surface area (Å²) in [6.07, 6.45) is 8.10. The molecule has 0 N–H and O–H groups in total. The van der Waals surface area contributed by atoms with Gasteiger partial charge in [-0.25, -0.2) is 0 Å². The van der Waals surface area contributed by atoms with Gasteiger partial charge in [-0.1, -0.05) is 0 Å². The highest BCUT2D eigenvalue weighted by atomic mass is 32.2. The second-order valence-corrected chi connectivity index (χ2v) is 8.09. The van der Waals surface area contributed by atoms with Gasteiger partial charge in [-0.05, 0) is 43.8 Å². The molecular formula is C17H28N2O3S. The molecule has 6 heteroatoms. The molecule has 0 saturated carbocycles. The lowest BCUT2D eigenvalue weighted by atomic mass is 9.72. The Morgan fingerprint density at radius 2 is 2.13 bits per heavy atom. The zero-order valence-electron chi connectivity index (χ0n) is 14.1. The van der Waals surface area contributed by atoms with Gasteiger partial charge in [0.1, 0.15) is 0 Å². The first-order chi connectivity index (χ1) is 11.1. The third-order valence-corrected chi connectivity index (χ3v) is 6.18. The van der Waals surface area contributed by atoms with Crippen molar-refractivity contribution < 1.29 is 14.3 Å². The fraction of sp³-hybridized carbons (Fsp3) is 0.882. The summed E-state index contributed by atoms with van der Waals surface area (Å²) in [5.74, 6) is 1.12. The van der Waals surface area contributed by atoms with E-state index in [-0.39, 0.29) is 23.3 Å². The highest BCUT2D eigenvalue weighted by Crippen LogP contribution is 2.40. The molecule has 0 radical (unpaired) electrons. The molecule has 2 amide bonds. The van der Waals surface area contributed by atoms with E-state index in [1.165, 1.54) is 0 Å². The van der Waals surface area contributed by atoms with Gasteiger partial charge in [0.15, 0.2) is 0 Å². The monoisotopic (exact) mass is 340 g/mol. The number of thioether (sulfide) groups is 1. The Balaban J connectivity index is 1.55. The lowest BCUT2D eigenvalue weighted by Gasteiger charge is -2.47. The summed E-state index contributed by atoms with van der Waals surface area (Å²) < 4.78 is 5.71. The van der Waals surface area contributed by atoms with Crippen molar-refractivity contribution in [3.8, 4) is 0 Å². The molecule has 3 heterocycles. The van der Waals surface area contributed by atoms with Gasteiger partial charge in [0.25, 0.3) is 0 Å². The molecule has 3 rings (SSSR count). The molecule has 0 bridgehead atoms. The maximum atomic E-state index is 12.3. The van der Waals surface area contributed by atoms with Crippen molar-refractivity contribution in [2.45, 2.75) is 44.6 Å². The van der Waals surface area contributed by atoms with Crippen molar-refractivity contribution in [1.29, 1.82) is 0 Å². The van der Waals surface area contributed by atoms with Gasteiger partial charge in [-0.15, -0.1) is 0 Å². The number of hydrogen-bond acceptors (Lipinski definition) is 4. The quantitative estimate of drug-likeness (QED) is 0.782. The zero-order chi connectivity index (χ0) is 16.3. The van der Waals surface area contributed by atoms with E-state index in [2.05, 4.69) is 0 Å². The first-order valence-electron chi connectivity index (χ1n) is 8.78. The van der Waals surface area contributed by atoms with Gasteiger partial charge in [0, 0.05) is 39.2 Å². The molecule has 130 valence electrons. The van der Waals surface area contributed by atoms with Gasteiger partial charge in [0.05, 0.1) is 11.9 Å². The van der Waals surface area contributed by atoms with E-state index in [4.69, 9.17) is 4.74 Å². The van der Waals surface area contributed by atoms with E-state index in [0.29, 0.717) is 12.2 Å². The molecule has 23 heavy (non-hydrogen) atoms. The summed E-state index contributed by atoms with van der Waals surface area (Å²) in [5.41, 5.74) is 0.225. The van der Waals surface area contributed by atoms with Crippen LogP contribution in [-0.4, -0.2) is 72.5 Å². The number of nitrogens with zero attached hydrogens (tertiary/aromatic N) is 2. The van der Waals surface area contributed by atoms with Gasteiger partial charge >= 0.3 is 0 Å². The number of rotatable bonds is 4. The summed E-state index contributed by atoms with van der Waals surface area (Å²) in [6, 6.07) is 0. The van der Waals surface area contributed by atoms with Gasteiger partial charge in [-0.3, -0.25) is 9.59 Å². The maximum absolute atomic E-state index is 12.3. The molecule has 5 nitrogen and oxygen atoms in total. The molecule has 0 aromatic heterocycles. The highest BCUT2D eigenvalue weighted by molar-refractivity contribution is 7.99. The third kappa shape index (κ3) is 4.02. The van der Waals surface area contributed by atoms with Crippen LogP contribution in [0.1, 0.15) is 38.5 Å². The Bertz CT molecular complexity index is 443. The van der Waals surface area contributed by atoms with Crippen LogP contribution in [0, 0.1) is 5.41 Å². The number of hydrogen-bond donors (Lipinski definition) is 0. The molecule has 1 atom stereocenters. The summed E-state index contributed by atoms with van der Waals surface area (Å²) >= 11 is 1.59. The predicted octanol–water partition coefficient (Wildman–Crippen LogP) is 1.76. The summed E-state index contributed by atoms with van der Waals surface area (Å²) in [6.45, 7) is 4.15. The van der Waals surface area contributed by atoms with Crippen LogP contribution in [0.5, 0.6) is 0 Å². The number of piperidine rings is 2. The van der Waals surface area contributed by atoms with Crippen LogP contribution in [0.4, 0.5) is 0 Å². The third-order valence-electron chi connectivity index (χ3n) is 5.64. The molecule has 3 aliphatic rings. The molecule has 1 unspecified atom stereocenters. The number of carbonyl (C=O) groups is 2. The van der Waals surface area contributed by atoms with E-state index >= 15 is 0 Å². The number of ether oxygens (including phenoxy) is 1. The van der Waals surface area contributed by atoms with Gasteiger partial charge in [0.2, 0.25) is 11.8 Å². The fourth-order valence-electron chi connectivity index (χ4n) is 4.16. The van der Waals surface area contributed by atoms with E-state index in [9.17, 15) is 9.59 Å². The zero-order valence-corrected chi connectivity index (χ0v) is 14.9. The molecular weight excluding hydrogens is 312 g/mol. The second-order valence-electron chi connectivity index (χ2n) is 7.22. The van der Waals surface area contributed by atoms with Crippen molar-refractivity contribution >= 4 is 23.6 Å². The largest absolute Gasteiger partial charge is 0.376 e. The van der Waals surface area contributed by atoms with Crippen molar-refractivity contribution in [3.05, 3.63) is 0 Å². The summed E-state index contributed by atoms with van der Waals surface area (Å²) in [5, 5.41) is 0. The SMILES string of the molecule is CSCC(=O)N1CCC2(CCC(=O)N(CC3CCCO3)C2)CC1. The lowest BCUT2D eigenvalue weighted by molar-refractivity contribution is -0.143. The van der Waals surface area contributed by atoms with E-state index in [0.717, 1.165) is 64.9 Å². The highest BCUT2D eigenvalue weighted by Gasteiger charge is 2.42. The van der Waals surface area contributed by atoms with Gasteiger partial charge in [-0.2, -0.15) is 11.8 Å². The first-order valence-corrected chi connectivity index (χ1v) is 10.2. The van der Waals surface area contributed by atoms with Crippen LogP contribution in [0.3, 0.4) is 0 Å². The minimum absolute atomic E-state index is 0.225. The molecule has 1 spiro atoms. The van der Waals surface area contributed by atoms with Crippen LogP contribution < -0.4 is 0 Å². The fourth-order valence-corrected chi connectivity index (χ4v) is 4.59. The molecule has 3 fully saturated rings. The van der Waals surface area contributed by atoms with Crippen molar-refractivity contribution in [3.63, 3.8) is 0 Å². The van der Waals surface area contributed by atoms with Crippen molar-refractivity contribution in [2.75, 3.05) is 44.8 Å². The molecule has 0 aromatic rings. The van der Waals surface area contributed by atoms with Crippen LogP contribution in [-0.2, 0) is 14.3 Å². The minimum Gasteiger partial charge on any atom is -0.376 e.